The summed E-state index contributed by atoms with van der Waals surface area (Å²) < 4.78 is 13.1. The average Bonchev–Trinajstić information content (AvgIpc) is 2.22. The zero-order valence-corrected chi connectivity index (χ0v) is 8.38. The molecule has 0 aliphatic carbocycles. The molecule has 3 nitrogen and oxygen atoms in total. The molecule has 0 unspecified atom stereocenters. The van der Waals surface area contributed by atoms with E-state index in [2.05, 4.69) is 5.32 Å². The molecule has 0 bridgehead atoms. The summed E-state index contributed by atoms with van der Waals surface area (Å²) in [6.45, 7) is 1.91. The standard InChI is InChI=1S/C11H11FN2O/c1-8-3-4-9(7-10(8)12)11(15)14-6-2-5-13/h3-4,7H,2,6H2,1H3,(H,14,15). The number of nitrogens with zero attached hydrogens (tertiary/aromatic N) is 1. The molecule has 0 fully saturated rings. The van der Waals surface area contributed by atoms with Crippen molar-refractivity contribution in [2.45, 2.75) is 13.3 Å². The van der Waals surface area contributed by atoms with Crippen LogP contribution in [0.1, 0.15) is 22.3 Å². The Bertz CT molecular complexity index is 410. The van der Waals surface area contributed by atoms with Gasteiger partial charge in [0.05, 0.1) is 12.5 Å². The quantitative estimate of drug-likeness (QED) is 0.766. The lowest BCUT2D eigenvalue weighted by Gasteiger charge is -2.03. The molecule has 0 aliphatic rings. The molecule has 78 valence electrons. The molecule has 0 spiro atoms. The Morgan fingerprint density at radius 1 is 1.60 bits per heavy atom. The third-order valence-electron chi connectivity index (χ3n) is 1.96. The van der Waals surface area contributed by atoms with Crippen LogP contribution in [-0.2, 0) is 0 Å². The predicted octanol–water partition coefficient (Wildman–Crippen LogP) is 1.78. The molecule has 1 amide bonds. The van der Waals surface area contributed by atoms with Crippen molar-refractivity contribution < 1.29 is 9.18 Å². The fraction of sp³-hybridized carbons (Fsp3) is 0.273. The number of carbonyl (C=O) groups is 1. The molecule has 0 saturated carbocycles. The Labute approximate surface area is 87.5 Å². The minimum Gasteiger partial charge on any atom is -0.351 e. The lowest BCUT2D eigenvalue weighted by molar-refractivity contribution is 0.0954. The monoisotopic (exact) mass is 206 g/mol. The summed E-state index contributed by atoms with van der Waals surface area (Å²) in [5.74, 6) is -0.757. The van der Waals surface area contributed by atoms with E-state index < -0.39 is 5.82 Å². The first-order chi connectivity index (χ1) is 7.15. The molecular weight excluding hydrogens is 195 g/mol. The van der Waals surface area contributed by atoms with E-state index in [1.165, 1.54) is 6.07 Å². The van der Waals surface area contributed by atoms with Gasteiger partial charge in [-0.25, -0.2) is 4.39 Å². The summed E-state index contributed by atoms with van der Waals surface area (Å²) in [6, 6.07) is 6.20. The van der Waals surface area contributed by atoms with Gasteiger partial charge in [0.2, 0.25) is 0 Å². The van der Waals surface area contributed by atoms with E-state index in [0.717, 1.165) is 0 Å². The van der Waals surface area contributed by atoms with Crippen LogP contribution in [-0.4, -0.2) is 12.5 Å². The van der Waals surface area contributed by atoms with Gasteiger partial charge in [0.1, 0.15) is 5.82 Å². The van der Waals surface area contributed by atoms with E-state index >= 15 is 0 Å². The maximum Gasteiger partial charge on any atom is 0.251 e. The molecule has 0 radical (unpaired) electrons. The summed E-state index contributed by atoms with van der Waals surface area (Å²) in [4.78, 5) is 11.4. The second kappa shape index (κ2) is 5.11. The van der Waals surface area contributed by atoms with Crippen LogP contribution in [0.15, 0.2) is 18.2 Å². The number of amides is 1. The van der Waals surface area contributed by atoms with Crippen molar-refractivity contribution in [3.63, 3.8) is 0 Å². The van der Waals surface area contributed by atoms with E-state index in [4.69, 9.17) is 5.26 Å². The molecule has 0 saturated heterocycles. The highest BCUT2D eigenvalue weighted by atomic mass is 19.1. The van der Waals surface area contributed by atoms with Gasteiger partial charge >= 0.3 is 0 Å². The van der Waals surface area contributed by atoms with Crippen LogP contribution in [0.4, 0.5) is 4.39 Å². The molecule has 1 aromatic carbocycles. The van der Waals surface area contributed by atoms with Gasteiger partial charge in [-0.1, -0.05) is 6.07 Å². The lowest BCUT2D eigenvalue weighted by Crippen LogP contribution is -2.24. The van der Waals surface area contributed by atoms with Crippen LogP contribution in [0.3, 0.4) is 0 Å². The minimum absolute atomic E-state index is 0.250. The number of carbonyl (C=O) groups excluding carboxylic acids is 1. The number of benzene rings is 1. The van der Waals surface area contributed by atoms with Crippen LogP contribution < -0.4 is 5.32 Å². The molecular formula is C11H11FN2O. The van der Waals surface area contributed by atoms with Gasteiger partial charge in [-0.15, -0.1) is 0 Å². The number of halogens is 1. The number of aryl methyl sites for hydroxylation is 1. The third-order valence-corrected chi connectivity index (χ3v) is 1.96. The number of nitriles is 1. The zero-order chi connectivity index (χ0) is 11.3. The smallest absolute Gasteiger partial charge is 0.251 e. The third kappa shape index (κ3) is 3.06. The lowest BCUT2D eigenvalue weighted by atomic mass is 10.1. The first-order valence-electron chi connectivity index (χ1n) is 4.56. The highest BCUT2D eigenvalue weighted by Crippen LogP contribution is 2.08. The topological polar surface area (TPSA) is 52.9 Å². The Hall–Kier alpha value is -1.89. The van der Waals surface area contributed by atoms with Crippen molar-refractivity contribution in [3.8, 4) is 6.07 Å². The van der Waals surface area contributed by atoms with Crippen molar-refractivity contribution in [1.29, 1.82) is 5.26 Å². The van der Waals surface area contributed by atoms with Gasteiger partial charge in [-0.05, 0) is 24.6 Å². The van der Waals surface area contributed by atoms with Crippen molar-refractivity contribution in [3.05, 3.63) is 35.1 Å². The van der Waals surface area contributed by atoms with Crippen LogP contribution >= 0.6 is 0 Å². The molecule has 1 aromatic rings. The fourth-order valence-corrected chi connectivity index (χ4v) is 1.07. The second-order valence-electron chi connectivity index (χ2n) is 3.13. The molecule has 0 heterocycles. The number of hydrogen-bond donors (Lipinski definition) is 1. The van der Waals surface area contributed by atoms with Crippen LogP contribution in [0.25, 0.3) is 0 Å². The highest BCUT2D eigenvalue weighted by Gasteiger charge is 2.06. The van der Waals surface area contributed by atoms with E-state index in [9.17, 15) is 9.18 Å². The van der Waals surface area contributed by atoms with Gasteiger partial charge in [0.15, 0.2) is 0 Å². The number of rotatable bonds is 3. The molecule has 1 rings (SSSR count). The maximum atomic E-state index is 13.1. The first kappa shape index (κ1) is 11.2. The van der Waals surface area contributed by atoms with Gasteiger partial charge in [-0.2, -0.15) is 5.26 Å². The Morgan fingerprint density at radius 3 is 2.93 bits per heavy atom. The average molecular weight is 206 g/mol. The van der Waals surface area contributed by atoms with Crippen molar-refractivity contribution >= 4 is 5.91 Å². The van der Waals surface area contributed by atoms with Crippen molar-refractivity contribution in [2.24, 2.45) is 0 Å². The van der Waals surface area contributed by atoms with Gasteiger partial charge < -0.3 is 5.32 Å². The Morgan fingerprint density at radius 2 is 2.33 bits per heavy atom. The van der Waals surface area contributed by atoms with Gasteiger partial charge in [0.25, 0.3) is 5.91 Å². The molecule has 15 heavy (non-hydrogen) atoms. The Balaban J connectivity index is 2.67. The van der Waals surface area contributed by atoms with Gasteiger partial charge in [0, 0.05) is 12.1 Å². The summed E-state index contributed by atoms with van der Waals surface area (Å²) >= 11 is 0. The van der Waals surface area contributed by atoms with E-state index in [0.29, 0.717) is 5.56 Å². The predicted molar refractivity (Wildman–Crippen MR) is 53.7 cm³/mol. The van der Waals surface area contributed by atoms with Crippen LogP contribution in [0, 0.1) is 24.1 Å². The molecule has 0 atom stereocenters. The normalized spacial score (nSPS) is 9.40. The largest absolute Gasteiger partial charge is 0.351 e. The highest BCUT2D eigenvalue weighted by molar-refractivity contribution is 5.94. The van der Waals surface area contributed by atoms with Gasteiger partial charge in [-0.3, -0.25) is 4.79 Å². The fourth-order valence-electron chi connectivity index (χ4n) is 1.07. The number of hydrogen-bond acceptors (Lipinski definition) is 2. The summed E-state index contributed by atoms with van der Waals surface area (Å²) in [6.07, 6.45) is 0.250. The summed E-state index contributed by atoms with van der Waals surface area (Å²) in [5, 5.41) is 10.8. The Kier molecular flexibility index (Phi) is 3.81. The SMILES string of the molecule is Cc1ccc(C(=O)NCCC#N)cc1F. The summed E-state index contributed by atoms with van der Waals surface area (Å²) in [5.41, 5.74) is 0.777. The van der Waals surface area contributed by atoms with Crippen molar-refractivity contribution in [1.82, 2.24) is 5.32 Å². The summed E-state index contributed by atoms with van der Waals surface area (Å²) in [7, 11) is 0. The first-order valence-corrected chi connectivity index (χ1v) is 4.56. The van der Waals surface area contributed by atoms with E-state index in [1.807, 2.05) is 6.07 Å². The maximum absolute atomic E-state index is 13.1. The zero-order valence-electron chi connectivity index (χ0n) is 8.38. The molecule has 0 aromatic heterocycles. The van der Waals surface area contributed by atoms with E-state index in [-0.39, 0.29) is 24.4 Å². The molecule has 0 aliphatic heterocycles. The van der Waals surface area contributed by atoms with E-state index in [1.54, 1.807) is 19.1 Å². The second-order valence-corrected chi connectivity index (χ2v) is 3.13. The number of nitrogens with one attached hydrogen (secondary N) is 1. The minimum atomic E-state index is -0.400. The molecule has 1 N–H and O–H groups in total. The van der Waals surface area contributed by atoms with Crippen LogP contribution in [0.5, 0.6) is 0 Å². The molecule has 4 heteroatoms. The van der Waals surface area contributed by atoms with Crippen molar-refractivity contribution in [2.75, 3.05) is 6.54 Å². The van der Waals surface area contributed by atoms with Crippen LogP contribution in [0.2, 0.25) is 0 Å².